The van der Waals surface area contributed by atoms with Crippen LogP contribution in [0, 0.1) is 10.1 Å². The van der Waals surface area contributed by atoms with Gasteiger partial charge in [-0.2, -0.15) is 0 Å². The maximum absolute atomic E-state index is 12.1. The van der Waals surface area contributed by atoms with Gasteiger partial charge in [0.25, 0.3) is 11.6 Å². The Balaban J connectivity index is 1.74. The Morgan fingerprint density at radius 2 is 1.75 bits per heavy atom. The van der Waals surface area contributed by atoms with E-state index < -0.39 is 4.92 Å². The zero-order valence-electron chi connectivity index (χ0n) is 12.0. The van der Waals surface area contributed by atoms with Gasteiger partial charge in [-0.25, -0.2) is 0 Å². The number of benzene rings is 2. The Labute approximate surface area is 145 Å². The molecule has 24 heavy (non-hydrogen) atoms. The fourth-order valence-corrected chi connectivity index (χ4v) is 2.76. The lowest BCUT2D eigenvalue weighted by molar-refractivity contribution is -0.384. The first-order chi connectivity index (χ1) is 11.5. The van der Waals surface area contributed by atoms with E-state index in [1.165, 1.54) is 23.5 Å². The SMILES string of the molecule is O=C(Nc1nnc(-c2ccc([N+](=O)[O-])cc2)s1)c1ccc(Cl)cc1. The predicted molar refractivity (Wildman–Crippen MR) is 91.4 cm³/mol. The van der Waals surface area contributed by atoms with Crippen molar-refractivity contribution in [2.75, 3.05) is 5.32 Å². The predicted octanol–water partition coefficient (Wildman–Crippen LogP) is 4.02. The first-order valence-electron chi connectivity index (χ1n) is 6.68. The van der Waals surface area contributed by atoms with E-state index in [0.29, 0.717) is 26.3 Å². The molecule has 0 saturated carbocycles. The molecule has 0 unspecified atom stereocenters. The van der Waals surface area contributed by atoms with Crippen LogP contribution in [0.25, 0.3) is 10.6 Å². The van der Waals surface area contributed by atoms with Gasteiger partial charge in [0.2, 0.25) is 5.13 Å². The zero-order valence-corrected chi connectivity index (χ0v) is 13.5. The summed E-state index contributed by atoms with van der Waals surface area (Å²) in [4.78, 5) is 22.3. The number of amides is 1. The molecule has 7 nitrogen and oxygen atoms in total. The van der Waals surface area contributed by atoms with Crippen molar-refractivity contribution in [2.24, 2.45) is 0 Å². The van der Waals surface area contributed by atoms with Crippen LogP contribution in [0.3, 0.4) is 0 Å². The van der Waals surface area contributed by atoms with Crippen molar-refractivity contribution >= 4 is 39.7 Å². The van der Waals surface area contributed by atoms with Gasteiger partial charge in [0.1, 0.15) is 5.01 Å². The van der Waals surface area contributed by atoms with Crippen molar-refractivity contribution in [3.05, 3.63) is 69.2 Å². The maximum atomic E-state index is 12.1. The molecule has 0 aliphatic rings. The Bertz CT molecular complexity index is 894. The molecule has 0 saturated heterocycles. The van der Waals surface area contributed by atoms with Gasteiger partial charge in [-0.3, -0.25) is 20.2 Å². The van der Waals surface area contributed by atoms with Gasteiger partial charge in [0.15, 0.2) is 0 Å². The Hall–Kier alpha value is -2.84. The number of nitro benzene ring substituents is 1. The molecule has 3 rings (SSSR count). The van der Waals surface area contributed by atoms with Gasteiger partial charge in [-0.05, 0) is 36.4 Å². The highest BCUT2D eigenvalue weighted by Gasteiger charge is 2.12. The van der Waals surface area contributed by atoms with Gasteiger partial charge in [-0.1, -0.05) is 22.9 Å². The van der Waals surface area contributed by atoms with E-state index >= 15 is 0 Å². The summed E-state index contributed by atoms with van der Waals surface area (Å²) in [6.07, 6.45) is 0. The molecule has 0 aliphatic carbocycles. The molecule has 0 radical (unpaired) electrons. The molecule has 120 valence electrons. The molecule has 1 N–H and O–H groups in total. The van der Waals surface area contributed by atoms with Crippen molar-refractivity contribution in [3.63, 3.8) is 0 Å². The first-order valence-corrected chi connectivity index (χ1v) is 7.87. The molecule has 1 amide bonds. The summed E-state index contributed by atoms with van der Waals surface area (Å²) in [6, 6.07) is 12.4. The summed E-state index contributed by atoms with van der Waals surface area (Å²) in [6.45, 7) is 0. The number of nitro groups is 1. The molecular weight excluding hydrogens is 352 g/mol. The third-order valence-electron chi connectivity index (χ3n) is 3.08. The highest BCUT2D eigenvalue weighted by atomic mass is 35.5. The number of halogens is 1. The van der Waals surface area contributed by atoms with Gasteiger partial charge in [0, 0.05) is 28.3 Å². The monoisotopic (exact) mass is 360 g/mol. The highest BCUT2D eigenvalue weighted by molar-refractivity contribution is 7.18. The van der Waals surface area contributed by atoms with E-state index in [0.717, 1.165) is 0 Å². The summed E-state index contributed by atoms with van der Waals surface area (Å²) in [5.41, 5.74) is 1.14. The van der Waals surface area contributed by atoms with Crippen molar-refractivity contribution in [2.45, 2.75) is 0 Å². The van der Waals surface area contributed by atoms with Crippen LogP contribution >= 0.6 is 22.9 Å². The quantitative estimate of drug-likeness (QED) is 0.559. The molecule has 0 fully saturated rings. The minimum absolute atomic E-state index is 0.000435. The summed E-state index contributed by atoms with van der Waals surface area (Å²) >= 11 is 6.96. The number of hydrogen-bond acceptors (Lipinski definition) is 6. The maximum Gasteiger partial charge on any atom is 0.269 e. The molecule has 0 atom stereocenters. The van der Waals surface area contributed by atoms with Gasteiger partial charge >= 0.3 is 0 Å². The Morgan fingerprint density at radius 3 is 2.38 bits per heavy atom. The average molecular weight is 361 g/mol. The Kier molecular flexibility index (Phi) is 4.50. The minimum atomic E-state index is -0.471. The van der Waals surface area contributed by atoms with Crippen LogP contribution in [-0.4, -0.2) is 21.0 Å². The molecule has 2 aromatic carbocycles. The number of rotatable bonds is 4. The number of anilines is 1. The van der Waals surface area contributed by atoms with Crippen LogP contribution in [0.2, 0.25) is 5.02 Å². The lowest BCUT2D eigenvalue weighted by Crippen LogP contribution is -2.11. The van der Waals surface area contributed by atoms with Crippen LogP contribution in [0.5, 0.6) is 0 Å². The average Bonchev–Trinajstić information content (AvgIpc) is 3.04. The van der Waals surface area contributed by atoms with Gasteiger partial charge < -0.3 is 0 Å². The molecule has 9 heteroatoms. The van der Waals surface area contributed by atoms with Crippen LogP contribution in [0.15, 0.2) is 48.5 Å². The van der Waals surface area contributed by atoms with Crippen molar-refractivity contribution in [3.8, 4) is 10.6 Å². The number of carbonyl (C=O) groups is 1. The van der Waals surface area contributed by atoms with E-state index in [1.54, 1.807) is 36.4 Å². The second-order valence-electron chi connectivity index (χ2n) is 4.68. The number of hydrogen-bond donors (Lipinski definition) is 1. The number of non-ortho nitro benzene ring substituents is 1. The number of nitrogens with zero attached hydrogens (tertiary/aromatic N) is 3. The minimum Gasteiger partial charge on any atom is -0.296 e. The second kappa shape index (κ2) is 6.73. The highest BCUT2D eigenvalue weighted by Crippen LogP contribution is 2.28. The third-order valence-corrected chi connectivity index (χ3v) is 4.22. The number of carbonyl (C=O) groups excluding carboxylic acids is 1. The molecule has 1 heterocycles. The van der Waals surface area contributed by atoms with Gasteiger partial charge in [0.05, 0.1) is 4.92 Å². The largest absolute Gasteiger partial charge is 0.296 e. The van der Waals surface area contributed by atoms with Gasteiger partial charge in [-0.15, -0.1) is 10.2 Å². The fourth-order valence-electron chi connectivity index (χ4n) is 1.89. The lowest BCUT2D eigenvalue weighted by Gasteiger charge is -2.00. The summed E-state index contributed by atoms with van der Waals surface area (Å²) < 4.78 is 0. The topological polar surface area (TPSA) is 98.0 Å². The lowest BCUT2D eigenvalue weighted by atomic mass is 10.2. The van der Waals surface area contributed by atoms with E-state index in [2.05, 4.69) is 15.5 Å². The van der Waals surface area contributed by atoms with E-state index in [4.69, 9.17) is 11.6 Å². The van der Waals surface area contributed by atoms with Crippen LogP contribution in [0.4, 0.5) is 10.8 Å². The summed E-state index contributed by atoms with van der Waals surface area (Å²) in [5, 5.41) is 22.6. The van der Waals surface area contributed by atoms with E-state index in [-0.39, 0.29) is 11.6 Å². The smallest absolute Gasteiger partial charge is 0.269 e. The molecule has 1 aromatic heterocycles. The molecule has 0 aliphatic heterocycles. The molecule has 0 bridgehead atoms. The standard InChI is InChI=1S/C15H9ClN4O3S/c16-11-5-1-9(2-6-11)13(21)17-15-19-18-14(24-15)10-3-7-12(8-4-10)20(22)23/h1-8H,(H,17,19,21). The van der Waals surface area contributed by atoms with Crippen LogP contribution in [-0.2, 0) is 0 Å². The van der Waals surface area contributed by atoms with E-state index in [9.17, 15) is 14.9 Å². The zero-order chi connectivity index (χ0) is 17.1. The number of aromatic nitrogens is 2. The van der Waals surface area contributed by atoms with E-state index in [1.807, 2.05) is 0 Å². The number of nitrogens with one attached hydrogen (secondary N) is 1. The normalized spacial score (nSPS) is 10.4. The van der Waals surface area contributed by atoms with Crippen molar-refractivity contribution in [1.82, 2.24) is 10.2 Å². The molecule has 0 spiro atoms. The van der Waals surface area contributed by atoms with Crippen molar-refractivity contribution in [1.29, 1.82) is 0 Å². The molecular formula is C15H9ClN4O3S. The summed E-state index contributed by atoms with van der Waals surface area (Å²) in [7, 11) is 0. The second-order valence-corrected chi connectivity index (χ2v) is 6.09. The van der Waals surface area contributed by atoms with Crippen molar-refractivity contribution < 1.29 is 9.72 Å². The third kappa shape index (κ3) is 3.55. The van der Waals surface area contributed by atoms with Crippen LogP contribution in [0.1, 0.15) is 10.4 Å². The molecule has 3 aromatic rings. The first kappa shape index (κ1) is 16.0. The van der Waals surface area contributed by atoms with Crippen LogP contribution < -0.4 is 5.32 Å². The Morgan fingerprint density at radius 1 is 1.08 bits per heavy atom. The fraction of sp³-hybridized carbons (Fsp3) is 0. The summed E-state index contributed by atoms with van der Waals surface area (Å²) in [5.74, 6) is -0.321.